The first-order chi connectivity index (χ1) is 32.4. The second kappa shape index (κ2) is 18.2. The molecule has 4 aromatic heterocycles. The van der Waals surface area contributed by atoms with Crippen molar-refractivity contribution in [3.63, 3.8) is 0 Å². The molecule has 4 saturated heterocycles. The van der Waals surface area contributed by atoms with Crippen LogP contribution in [0.1, 0.15) is 91.2 Å². The zero-order chi connectivity index (χ0) is 48.1. The minimum atomic E-state index is -0.695. The molecule has 10 rings (SSSR count). The van der Waals surface area contributed by atoms with Gasteiger partial charge in [0, 0.05) is 98.8 Å². The van der Waals surface area contributed by atoms with Crippen molar-refractivity contribution in [1.29, 1.82) is 0 Å². The third-order valence-corrected chi connectivity index (χ3v) is 11.8. The number of carbonyl (C=O) groups excluding carboxylic acids is 6. The van der Waals surface area contributed by atoms with Gasteiger partial charge in [0.05, 0.1) is 25.2 Å². The summed E-state index contributed by atoms with van der Waals surface area (Å²) < 4.78 is 14.6. The molecule has 2 saturated carbocycles. The van der Waals surface area contributed by atoms with Crippen molar-refractivity contribution < 1.29 is 38.2 Å². The van der Waals surface area contributed by atoms with Crippen molar-refractivity contribution >= 4 is 82.5 Å². The van der Waals surface area contributed by atoms with E-state index in [4.69, 9.17) is 19.4 Å². The number of imide groups is 2. The van der Waals surface area contributed by atoms with E-state index in [0.717, 1.165) is 69.1 Å². The van der Waals surface area contributed by atoms with E-state index in [1.54, 1.807) is 43.4 Å². The number of amides is 6. The van der Waals surface area contributed by atoms with Gasteiger partial charge in [0.1, 0.15) is 34.5 Å². The molecule has 4 N–H and O–H groups in total. The van der Waals surface area contributed by atoms with Crippen LogP contribution in [0.5, 0.6) is 0 Å². The van der Waals surface area contributed by atoms with Crippen LogP contribution in [0.15, 0.2) is 35.7 Å². The zero-order valence-corrected chi connectivity index (χ0v) is 39.3. The molecule has 0 radical (unpaired) electrons. The molecular formula is C46H58N14O8. The molecule has 6 aliphatic rings. The summed E-state index contributed by atoms with van der Waals surface area (Å²) in [6.07, 6.45) is 9.80. The maximum absolute atomic E-state index is 13.4. The van der Waals surface area contributed by atoms with Gasteiger partial charge in [-0.05, 0) is 79.4 Å². The molecule has 0 atom stereocenters. The number of ether oxygens (including phenoxy) is 2. The first-order valence-electron chi connectivity index (χ1n) is 23.2. The lowest BCUT2D eigenvalue weighted by molar-refractivity contribution is -0.125. The highest BCUT2D eigenvalue weighted by molar-refractivity contribution is 6.16. The first kappa shape index (κ1) is 46.0. The summed E-state index contributed by atoms with van der Waals surface area (Å²) >= 11 is 0. The van der Waals surface area contributed by atoms with Crippen molar-refractivity contribution in [3.8, 4) is 0 Å². The van der Waals surface area contributed by atoms with Gasteiger partial charge in [-0.1, -0.05) is 0 Å². The van der Waals surface area contributed by atoms with E-state index in [1.165, 1.54) is 0 Å². The Morgan fingerprint density at radius 2 is 1.24 bits per heavy atom. The summed E-state index contributed by atoms with van der Waals surface area (Å²) in [4.78, 5) is 90.7. The number of nitrogens with zero attached hydrogens (tertiary/aromatic N) is 10. The van der Waals surface area contributed by atoms with Crippen LogP contribution in [-0.2, 0) is 28.7 Å². The molecule has 4 aliphatic heterocycles. The molecule has 360 valence electrons. The van der Waals surface area contributed by atoms with Gasteiger partial charge in [-0.3, -0.25) is 34.7 Å². The van der Waals surface area contributed by atoms with E-state index < -0.39 is 23.2 Å². The van der Waals surface area contributed by atoms with E-state index >= 15 is 0 Å². The number of nitrogens with one attached hydrogen (secondary N) is 4. The molecule has 22 heteroatoms. The molecule has 0 aromatic carbocycles. The number of fused-ring (bicyclic) bond motifs is 2. The second-order valence-electron chi connectivity index (χ2n) is 19.8. The predicted molar refractivity (Wildman–Crippen MR) is 251 cm³/mol. The van der Waals surface area contributed by atoms with Crippen LogP contribution in [0.4, 0.5) is 32.9 Å². The molecule has 68 heavy (non-hydrogen) atoms. The average molecular weight is 935 g/mol. The lowest BCUT2D eigenvalue weighted by Crippen LogP contribution is -2.50. The van der Waals surface area contributed by atoms with Gasteiger partial charge in [0.15, 0.2) is 11.3 Å². The topological polar surface area (TPSA) is 242 Å². The highest BCUT2D eigenvalue weighted by atomic mass is 16.6. The number of carbonyl (C=O) groups is 6. The van der Waals surface area contributed by atoms with Crippen molar-refractivity contribution in [3.05, 3.63) is 46.8 Å². The van der Waals surface area contributed by atoms with Gasteiger partial charge in [-0.15, -0.1) is 0 Å². The van der Waals surface area contributed by atoms with Crippen LogP contribution in [0.25, 0.3) is 23.4 Å². The van der Waals surface area contributed by atoms with Gasteiger partial charge in [0.25, 0.3) is 11.8 Å². The molecule has 0 unspecified atom stereocenters. The Morgan fingerprint density at radius 3 is 1.75 bits per heavy atom. The number of hydrogen-bond acceptors (Lipinski definition) is 16. The van der Waals surface area contributed by atoms with Gasteiger partial charge < -0.3 is 34.8 Å². The fraction of sp³-hybridized carbons (Fsp3) is 0.522. The van der Waals surface area contributed by atoms with Gasteiger partial charge in [0.2, 0.25) is 11.8 Å². The summed E-state index contributed by atoms with van der Waals surface area (Å²) in [6, 6.07) is 4.30. The maximum atomic E-state index is 13.4. The predicted octanol–water partition coefficient (Wildman–Crippen LogP) is 3.26. The third kappa shape index (κ3) is 10.5. The standard InChI is InChI=1S/C28H37N7O6.C18H21N7O2/c1-27(2,3)40-25(38)33-11-9-32(10-12-33)20-15-22(34(19-7-8-19)26(39)41-28(4,5)6)35-23(30-20)18(16-29-35)13-17-14-21(36)31-24(17)37;26-16-8-11(18(27)23-16)7-12-10-20-25-15(21-13-1-2-13)9-14(22-17(12)25)24-5-3-19-4-6-24/h13,15-16,19H,7-12,14H2,1-6H3,(H,31,36,37);7,9-10,13,19,21H,1-6,8H2,(H,23,26,27)/b17-13+;11-7+. The average Bonchev–Trinajstić information content (AvgIpc) is 4.15. The number of piperazine rings is 2. The first-order valence-corrected chi connectivity index (χ1v) is 23.2. The maximum Gasteiger partial charge on any atom is 0.416 e. The smallest absolute Gasteiger partial charge is 0.416 e. The number of anilines is 4. The Kier molecular flexibility index (Phi) is 12.3. The van der Waals surface area contributed by atoms with Crippen LogP contribution < -0.4 is 36.0 Å². The molecule has 6 amide bonds. The molecular weight excluding hydrogens is 877 g/mol. The molecule has 0 bridgehead atoms. The number of hydrogen-bond donors (Lipinski definition) is 4. The molecule has 4 aromatic rings. The summed E-state index contributed by atoms with van der Waals surface area (Å²) in [5, 5.41) is 20.5. The lowest BCUT2D eigenvalue weighted by atomic mass is 10.1. The quantitative estimate of drug-likeness (QED) is 0.146. The van der Waals surface area contributed by atoms with Crippen LogP contribution >= 0.6 is 0 Å². The fourth-order valence-electron chi connectivity index (χ4n) is 8.19. The highest BCUT2D eigenvalue weighted by Crippen LogP contribution is 2.36. The lowest BCUT2D eigenvalue weighted by Gasteiger charge is -2.36. The van der Waals surface area contributed by atoms with E-state index in [-0.39, 0.29) is 42.7 Å². The number of aromatic nitrogens is 6. The summed E-state index contributed by atoms with van der Waals surface area (Å²) in [6.45, 7) is 16.5. The molecule has 22 nitrogen and oxygen atoms in total. The monoisotopic (exact) mass is 934 g/mol. The Balaban J connectivity index is 0.000000184. The summed E-state index contributed by atoms with van der Waals surface area (Å²) in [7, 11) is 0. The van der Waals surface area contributed by atoms with Gasteiger partial charge >= 0.3 is 12.2 Å². The van der Waals surface area contributed by atoms with Crippen molar-refractivity contribution in [2.45, 2.75) is 103 Å². The molecule has 8 heterocycles. The van der Waals surface area contributed by atoms with Crippen LogP contribution in [0, 0.1) is 0 Å². The zero-order valence-electron chi connectivity index (χ0n) is 39.3. The van der Waals surface area contributed by atoms with Crippen LogP contribution in [-0.4, -0.2) is 146 Å². The van der Waals surface area contributed by atoms with E-state index in [0.29, 0.717) is 71.9 Å². The third-order valence-electron chi connectivity index (χ3n) is 11.8. The normalized spacial score (nSPS) is 20.2. The minimum absolute atomic E-state index is 0.0263. The van der Waals surface area contributed by atoms with Gasteiger partial charge in [-0.25, -0.2) is 19.6 Å². The minimum Gasteiger partial charge on any atom is -0.444 e. The largest absolute Gasteiger partial charge is 0.444 e. The SMILES string of the molecule is CC(C)(C)OC(=O)N1CCN(c2cc(N(C(=O)OC(C)(C)C)C3CC3)n3ncc(/C=C4\CC(=O)NC4=O)c3n2)CC1.O=C1C/C(=C\c2cnn3c(NC4CC4)cc(N4CCNCC4)nc23)C(=O)N1. The Hall–Kier alpha value is -7.10. The molecule has 2 aliphatic carbocycles. The number of rotatable bonds is 8. The van der Waals surface area contributed by atoms with Crippen molar-refractivity contribution in [2.24, 2.45) is 0 Å². The summed E-state index contributed by atoms with van der Waals surface area (Å²) in [5.74, 6) is 1.48. The van der Waals surface area contributed by atoms with Crippen LogP contribution in [0.2, 0.25) is 0 Å². The van der Waals surface area contributed by atoms with E-state index in [9.17, 15) is 28.8 Å². The molecule has 0 spiro atoms. The Labute approximate surface area is 392 Å². The molecule has 6 fully saturated rings. The fourth-order valence-corrected chi connectivity index (χ4v) is 8.19. The van der Waals surface area contributed by atoms with E-state index in [1.807, 2.05) is 58.6 Å². The van der Waals surface area contributed by atoms with Crippen LogP contribution in [0.3, 0.4) is 0 Å². The Morgan fingerprint density at radius 1 is 0.706 bits per heavy atom. The highest BCUT2D eigenvalue weighted by Gasteiger charge is 2.39. The van der Waals surface area contributed by atoms with Crippen molar-refractivity contribution in [2.75, 3.05) is 72.4 Å². The van der Waals surface area contributed by atoms with E-state index in [2.05, 4.69) is 36.4 Å². The summed E-state index contributed by atoms with van der Waals surface area (Å²) in [5.41, 5.74) is 1.88. The Bertz CT molecular complexity index is 2740. The van der Waals surface area contributed by atoms with Crippen molar-refractivity contribution in [1.82, 2.24) is 50.0 Å². The van der Waals surface area contributed by atoms with Gasteiger partial charge in [-0.2, -0.15) is 19.2 Å². The second-order valence-corrected chi connectivity index (χ2v) is 19.8.